The molecule has 202 valence electrons. The number of amides is 1. The van der Waals surface area contributed by atoms with E-state index in [0.29, 0.717) is 70.8 Å². The van der Waals surface area contributed by atoms with Gasteiger partial charge in [-0.1, -0.05) is 29.8 Å². The number of anilines is 2. The molecule has 2 atom stereocenters. The van der Waals surface area contributed by atoms with Crippen molar-refractivity contribution in [3.63, 3.8) is 0 Å². The second-order valence-electron chi connectivity index (χ2n) is 8.46. The van der Waals surface area contributed by atoms with Crippen LogP contribution in [0.3, 0.4) is 0 Å². The highest BCUT2D eigenvalue weighted by Gasteiger charge is 2.29. The minimum absolute atomic E-state index is 0.164. The third kappa shape index (κ3) is 5.88. The van der Waals surface area contributed by atoms with Crippen LogP contribution in [0, 0.1) is 0 Å². The molecular formula is C26H29Cl2N5O5. The highest BCUT2D eigenvalue weighted by Crippen LogP contribution is 2.46. The van der Waals surface area contributed by atoms with Gasteiger partial charge in [0, 0.05) is 42.3 Å². The summed E-state index contributed by atoms with van der Waals surface area (Å²) in [5, 5.41) is 11.8. The van der Waals surface area contributed by atoms with Crippen molar-refractivity contribution in [1.82, 2.24) is 15.3 Å². The lowest BCUT2D eigenvalue weighted by molar-refractivity contribution is -0.117. The number of carbonyl (C=O) groups is 1. The van der Waals surface area contributed by atoms with Crippen LogP contribution < -0.4 is 25.4 Å². The highest BCUT2D eigenvalue weighted by molar-refractivity contribution is 6.41. The standard InChI is InChI=1S/C26H29Cl2N5O5/c1-5-22(34)32-18-13-38-12-17(18)31-21-9-15-14(11-30-21)8-16(33-26(15)29-6-7-35-2)23-24(27)19(36-3)10-20(37-4)25(23)28/h5,8-11,17-18H,1,6-7,12-13H2,2-4H3,(H,29,33)(H,30,31)(H,32,34). The molecule has 0 aliphatic carbocycles. The van der Waals surface area contributed by atoms with Crippen LogP contribution in [0.2, 0.25) is 10.0 Å². The van der Waals surface area contributed by atoms with Crippen molar-refractivity contribution in [2.24, 2.45) is 0 Å². The maximum Gasteiger partial charge on any atom is 0.243 e. The first kappa shape index (κ1) is 27.7. The predicted octanol–water partition coefficient (Wildman–Crippen LogP) is 4.16. The molecule has 1 amide bonds. The molecule has 0 saturated carbocycles. The number of rotatable bonds is 11. The lowest BCUT2D eigenvalue weighted by Gasteiger charge is -2.21. The van der Waals surface area contributed by atoms with Gasteiger partial charge in [0.15, 0.2) is 0 Å². The van der Waals surface area contributed by atoms with E-state index >= 15 is 0 Å². The van der Waals surface area contributed by atoms with Crippen LogP contribution in [0.25, 0.3) is 22.0 Å². The number of halogens is 2. The molecule has 12 heteroatoms. The number of carbonyl (C=O) groups excluding carboxylic acids is 1. The van der Waals surface area contributed by atoms with Crippen molar-refractivity contribution < 1.29 is 23.7 Å². The molecule has 0 radical (unpaired) electrons. The van der Waals surface area contributed by atoms with Crippen molar-refractivity contribution in [2.75, 3.05) is 58.3 Å². The molecule has 3 aromatic rings. The molecular weight excluding hydrogens is 533 g/mol. The molecule has 38 heavy (non-hydrogen) atoms. The van der Waals surface area contributed by atoms with E-state index in [1.165, 1.54) is 20.3 Å². The number of hydrogen-bond donors (Lipinski definition) is 3. The topological polar surface area (TPSA) is 116 Å². The SMILES string of the molecule is C=CC(=O)NC1COCC1Nc1cc2c(NCCOC)nc(-c3c(Cl)c(OC)cc(OC)c3Cl)cc2cn1. The van der Waals surface area contributed by atoms with Gasteiger partial charge in [-0.2, -0.15) is 0 Å². The van der Waals surface area contributed by atoms with Crippen LogP contribution in [0.1, 0.15) is 0 Å². The summed E-state index contributed by atoms with van der Waals surface area (Å²) in [5.74, 6) is 1.76. The Hall–Kier alpha value is -3.31. The zero-order valence-electron chi connectivity index (χ0n) is 21.3. The fraction of sp³-hybridized carbons (Fsp3) is 0.346. The first-order valence-corrected chi connectivity index (χ1v) is 12.6. The van der Waals surface area contributed by atoms with E-state index in [0.717, 1.165) is 10.8 Å². The van der Waals surface area contributed by atoms with Crippen LogP contribution in [-0.4, -0.2) is 75.7 Å². The summed E-state index contributed by atoms with van der Waals surface area (Å²) in [6.45, 7) is 5.31. The van der Waals surface area contributed by atoms with Crippen molar-refractivity contribution in [2.45, 2.75) is 12.1 Å². The Morgan fingerprint density at radius 1 is 1.13 bits per heavy atom. The summed E-state index contributed by atoms with van der Waals surface area (Å²) in [6.07, 6.45) is 2.97. The number of benzene rings is 1. The zero-order valence-corrected chi connectivity index (χ0v) is 22.8. The third-order valence-corrected chi connectivity index (χ3v) is 6.82. The second kappa shape index (κ2) is 12.5. The van der Waals surface area contributed by atoms with E-state index in [1.807, 2.05) is 12.1 Å². The quantitative estimate of drug-likeness (QED) is 0.234. The largest absolute Gasteiger partial charge is 0.495 e. The van der Waals surface area contributed by atoms with Crippen LogP contribution in [0.5, 0.6) is 11.5 Å². The molecule has 1 aliphatic rings. The van der Waals surface area contributed by atoms with Crippen molar-refractivity contribution >= 4 is 51.5 Å². The Balaban J connectivity index is 1.76. The average Bonchev–Trinajstić information content (AvgIpc) is 3.35. The summed E-state index contributed by atoms with van der Waals surface area (Å²) in [6, 6.07) is 4.99. The van der Waals surface area contributed by atoms with Gasteiger partial charge in [-0.15, -0.1) is 0 Å². The van der Waals surface area contributed by atoms with Gasteiger partial charge in [0.25, 0.3) is 0 Å². The Labute approximate surface area is 230 Å². The maximum absolute atomic E-state index is 11.8. The molecule has 0 bridgehead atoms. The normalized spacial score (nSPS) is 16.8. The number of fused-ring (bicyclic) bond motifs is 1. The summed E-state index contributed by atoms with van der Waals surface area (Å²) in [7, 11) is 4.67. The molecule has 2 unspecified atom stereocenters. The Morgan fingerprint density at radius 3 is 2.50 bits per heavy atom. The molecule has 2 aromatic heterocycles. The first-order valence-electron chi connectivity index (χ1n) is 11.8. The smallest absolute Gasteiger partial charge is 0.243 e. The molecule has 1 saturated heterocycles. The fourth-order valence-electron chi connectivity index (χ4n) is 4.14. The summed E-state index contributed by atoms with van der Waals surface area (Å²) in [5.41, 5.74) is 0.996. The van der Waals surface area contributed by atoms with Gasteiger partial charge in [-0.25, -0.2) is 9.97 Å². The van der Waals surface area contributed by atoms with E-state index in [-0.39, 0.29) is 18.0 Å². The van der Waals surface area contributed by atoms with Gasteiger partial charge in [0.2, 0.25) is 5.91 Å². The Kier molecular flexibility index (Phi) is 9.11. The molecule has 3 N–H and O–H groups in total. The molecule has 0 spiro atoms. The van der Waals surface area contributed by atoms with Gasteiger partial charge in [0.05, 0.1) is 61.9 Å². The first-order chi connectivity index (χ1) is 18.4. The molecule has 10 nitrogen and oxygen atoms in total. The Bertz CT molecular complexity index is 1310. The minimum atomic E-state index is -0.258. The molecule has 3 heterocycles. The Morgan fingerprint density at radius 2 is 1.84 bits per heavy atom. The van der Waals surface area contributed by atoms with Gasteiger partial charge in [-0.05, 0) is 18.2 Å². The van der Waals surface area contributed by atoms with Gasteiger partial charge in [-0.3, -0.25) is 4.79 Å². The summed E-state index contributed by atoms with van der Waals surface area (Å²) < 4.78 is 21.6. The number of nitrogens with one attached hydrogen (secondary N) is 3. The average molecular weight is 562 g/mol. The number of nitrogens with zero attached hydrogens (tertiary/aromatic N) is 2. The number of hydrogen-bond acceptors (Lipinski definition) is 9. The van der Waals surface area contributed by atoms with Crippen molar-refractivity contribution in [3.8, 4) is 22.8 Å². The highest BCUT2D eigenvalue weighted by atomic mass is 35.5. The minimum Gasteiger partial charge on any atom is -0.495 e. The van der Waals surface area contributed by atoms with Crippen LogP contribution in [0.4, 0.5) is 11.6 Å². The van der Waals surface area contributed by atoms with Crippen LogP contribution in [0.15, 0.2) is 37.1 Å². The lowest BCUT2D eigenvalue weighted by atomic mass is 10.1. The summed E-state index contributed by atoms with van der Waals surface area (Å²) in [4.78, 5) is 21.3. The second-order valence-corrected chi connectivity index (χ2v) is 9.21. The van der Waals surface area contributed by atoms with E-state index in [2.05, 4.69) is 27.5 Å². The van der Waals surface area contributed by atoms with E-state index in [1.54, 1.807) is 19.4 Å². The molecule has 4 rings (SSSR count). The van der Waals surface area contributed by atoms with Crippen LogP contribution >= 0.6 is 23.2 Å². The maximum atomic E-state index is 11.8. The number of aromatic nitrogens is 2. The van der Waals surface area contributed by atoms with Gasteiger partial charge >= 0.3 is 0 Å². The van der Waals surface area contributed by atoms with Gasteiger partial charge < -0.3 is 34.9 Å². The van der Waals surface area contributed by atoms with Crippen LogP contribution in [-0.2, 0) is 14.3 Å². The third-order valence-electron chi connectivity index (χ3n) is 6.07. The summed E-state index contributed by atoms with van der Waals surface area (Å²) >= 11 is 13.3. The number of ether oxygens (including phenoxy) is 4. The number of methoxy groups -OCH3 is 3. The lowest BCUT2D eigenvalue weighted by Crippen LogP contribution is -2.45. The monoisotopic (exact) mass is 561 g/mol. The van der Waals surface area contributed by atoms with E-state index in [4.69, 9.17) is 47.1 Å². The molecule has 1 fully saturated rings. The van der Waals surface area contributed by atoms with E-state index in [9.17, 15) is 4.79 Å². The molecule has 1 aromatic carbocycles. The van der Waals surface area contributed by atoms with Crippen molar-refractivity contribution in [3.05, 3.63) is 47.1 Å². The fourth-order valence-corrected chi connectivity index (χ4v) is 4.83. The molecule has 1 aliphatic heterocycles. The van der Waals surface area contributed by atoms with Gasteiger partial charge in [0.1, 0.15) is 23.1 Å². The zero-order chi connectivity index (χ0) is 27.2. The van der Waals surface area contributed by atoms with E-state index < -0.39 is 0 Å². The predicted molar refractivity (Wildman–Crippen MR) is 149 cm³/mol. The number of pyridine rings is 2. The van der Waals surface area contributed by atoms with Crippen molar-refractivity contribution in [1.29, 1.82) is 0 Å².